The van der Waals surface area contributed by atoms with E-state index in [1.165, 1.54) is 0 Å². The zero-order valence-corrected chi connectivity index (χ0v) is 10.6. The van der Waals surface area contributed by atoms with Gasteiger partial charge in [-0.15, -0.1) is 23.4 Å². The van der Waals surface area contributed by atoms with Gasteiger partial charge in [0.05, 0.1) is 11.5 Å². The maximum atomic E-state index is 12.0. The van der Waals surface area contributed by atoms with E-state index < -0.39 is 12.5 Å². The summed E-state index contributed by atoms with van der Waals surface area (Å²) in [6, 6.07) is 0. The Labute approximate surface area is 112 Å². The molecule has 2 N–H and O–H groups in total. The second kappa shape index (κ2) is 3.54. The van der Waals surface area contributed by atoms with Gasteiger partial charge in [-0.3, -0.25) is 4.74 Å². The molecule has 0 atom stereocenters. The molecule has 0 aromatic carbocycles. The lowest BCUT2D eigenvalue weighted by Crippen LogP contribution is -2.74. The summed E-state index contributed by atoms with van der Waals surface area (Å²) in [6.45, 7) is 0. The SMILES string of the molecule is NC12CC(c3nnc(C4CC(OC(F)(F)F)C4)o3)(C1)C2. The minimum atomic E-state index is -4.57. The number of ether oxygens (including phenoxy) is 1. The molecule has 4 aliphatic rings. The molecule has 0 radical (unpaired) electrons. The van der Waals surface area contributed by atoms with E-state index >= 15 is 0 Å². The van der Waals surface area contributed by atoms with E-state index in [1.54, 1.807) is 0 Å². The van der Waals surface area contributed by atoms with E-state index in [2.05, 4.69) is 14.9 Å². The van der Waals surface area contributed by atoms with Crippen molar-refractivity contribution >= 4 is 0 Å². The van der Waals surface area contributed by atoms with Crippen LogP contribution >= 0.6 is 0 Å². The molecule has 0 aliphatic heterocycles. The van der Waals surface area contributed by atoms with E-state index in [0.717, 1.165) is 19.3 Å². The van der Waals surface area contributed by atoms with E-state index in [4.69, 9.17) is 10.2 Å². The van der Waals surface area contributed by atoms with Crippen molar-refractivity contribution in [3.05, 3.63) is 11.8 Å². The number of aromatic nitrogens is 2. The number of hydrogen-bond acceptors (Lipinski definition) is 5. The highest BCUT2D eigenvalue weighted by atomic mass is 19.4. The van der Waals surface area contributed by atoms with E-state index in [-0.39, 0.29) is 29.7 Å². The van der Waals surface area contributed by atoms with Gasteiger partial charge in [0.15, 0.2) is 0 Å². The Balaban J connectivity index is 1.37. The standard InChI is InChI=1S/C12H14F3N3O2/c13-12(14,15)20-7-1-6(2-7)8-17-18-9(19-8)10-3-11(16,4-10)5-10/h6-7H,1-5,16H2. The summed E-state index contributed by atoms with van der Waals surface area (Å²) < 4.78 is 45.7. The fourth-order valence-corrected chi connectivity index (χ4v) is 3.76. The van der Waals surface area contributed by atoms with Crippen LogP contribution in [0.2, 0.25) is 0 Å². The topological polar surface area (TPSA) is 74.2 Å². The van der Waals surface area contributed by atoms with Crippen LogP contribution in [0.1, 0.15) is 49.8 Å². The van der Waals surface area contributed by atoms with Gasteiger partial charge in [-0.2, -0.15) is 0 Å². The molecule has 4 fully saturated rings. The highest BCUT2D eigenvalue weighted by Crippen LogP contribution is 2.66. The number of hydrogen-bond donors (Lipinski definition) is 1. The van der Waals surface area contributed by atoms with Gasteiger partial charge in [-0.1, -0.05) is 0 Å². The molecule has 5 rings (SSSR count). The first-order valence-electron chi connectivity index (χ1n) is 6.64. The van der Waals surface area contributed by atoms with Crippen molar-refractivity contribution in [1.82, 2.24) is 10.2 Å². The lowest BCUT2D eigenvalue weighted by molar-refractivity contribution is -0.352. The zero-order chi connectivity index (χ0) is 14.2. The number of halogens is 3. The lowest BCUT2D eigenvalue weighted by Gasteiger charge is -2.66. The third-order valence-electron chi connectivity index (χ3n) is 4.71. The minimum Gasteiger partial charge on any atom is -0.424 e. The minimum absolute atomic E-state index is 0.0449. The largest absolute Gasteiger partial charge is 0.522 e. The summed E-state index contributed by atoms with van der Waals surface area (Å²) in [6.07, 6.45) is -2.22. The molecule has 1 aromatic heterocycles. The zero-order valence-electron chi connectivity index (χ0n) is 10.6. The van der Waals surface area contributed by atoms with Crippen LogP contribution in [0.5, 0.6) is 0 Å². The summed E-state index contributed by atoms with van der Waals surface area (Å²) >= 11 is 0. The molecule has 0 unspecified atom stereocenters. The molecule has 4 saturated carbocycles. The van der Waals surface area contributed by atoms with Gasteiger partial charge in [-0.25, -0.2) is 0 Å². The third-order valence-corrected chi connectivity index (χ3v) is 4.71. The average molecular weight is 289 g/mol. The maximum absolute atomic E-state index is 12.0. The maximum Gasteiger partial charge on any atom is 0.522 e. The fraction of sp³-hybridized carbons (Fsp3) is 0.833. The van der Waals surface area contributed by atoms with Gasteiger partial charge < -0.3 is 10.2 Å². The smallest absolute Gasteiger partial charge is 0.424 e. The van der Waals surface area contributed by atoms with Gasteiger partial charge in [-0.05, 0) is 32.1 Å². The van der Waals surface area contributed by atoms with Crippen LogP contribution in [0.3, 0.4) is 0 Å². The Kier molecular flexibility index (Phi) is 2.23. The van der Waals surface area contributed by atoms with Gasteiger partial charge in [0.2, 0.25) is 11.8 Å². The fourth-order valence-electron chi connectivity index (χ4n) is 3.76. The molecule has 4 aliphatic carbocycles. The second-order valence-electron chi connectivity index (χ2n) is 6.47. The van der Waals surface area contributed by atoms with E-state index in [9.17, 15) is 13.2 Å². The van der Waals surface area contributed by atoms with Crippen molar-refractivity contribution in [2.45, 2.75) is 61.4 Å². The number of rotatable bonds is 3. The van der Waals surface area contributed by atoms with Crippen LogP contribution in [0.15, 0.2) is 4.42 Å². The molecule has 110 valence electrons. The van der Waals surface area contributed by atoms with Crippen LogP contribution in [0, 0.1) is 0 Å². The van der Waals surface area contributed by atoms with Crippen molar-refractivity contribution < 1.29 is 22.3 Å². The first-order valence-corrected chi connectivity index (χ1v) is 6.64. The van der Waals surface area contributed by atoms with Crippen molar-refractivity contribution in [2.24, 2.45) is 5.73 Å². The predicted molar refractivity (Wildman–Crippen MR) is 59.6 cm³/mol. The molecule has 20 heavy (non-hydrogen) atoms. The Morgan fingerprint density at radius 2 is 1.85 bits per heavy atom. The molecule has 8 heteroatoms. The van der Waals surface area contributed by atoms with Crippen LogP contribution < -0.4 is 5.73 Å². The molecule has 1 heterocycles. The highest BCUT2D eigenvalue weighted by Gasteiger charge is 2.69. The van der Waals surface area contributed by atoms with Crippen molar-refractivity contribution in [1.29, 1.82) is 0 Å². The Morgan fingerprint density at radius 3 is 2.40 bits per heavy atom. The summed E-state index contributed by atoms with van der Waals surface area (Å²) in [7, 11) is 0. The van der Waals surface area contributed by atoms with Crippen molar-refractivity contribution in [3.63, 3.8) is 0 Å². The lowest BCUT2D eigenvalue weighted by atomic mass is 9.40. The molecular formula is C12H14F3N3O2. The Bertz CT molecular complexity index is 531. The van der Waals surface area contributed by atoms with Gasteiger partial charge in [0.25, 0.3) is 0 Å². The van der Waals surface area contributed by atoms with Crippen molar-refractivity contribution in [3.8, 4) is 0 Å². The highest BCUT2D eigenvalue weighted by molar-refractivity contribution is 5.33. The summed E-state index contributed by atoms with van der Waals surface area (Å²) in [5, 5.41) is 8.02. The quantitative estimate of drug-likeness (QED) is 0.921. The molecule has 0 amide bonds. The molecular weight excluding hydrogens is 275 g/mol. The van der Waals surface area contributed by atoms with Crippen LogP contribution in [0.25, 0.3) is 0 Å². The van der Waals surface area contributed by atoms with Gasteiger partial charge >= 0.3 is 6.36 Å². The first-order chi connectivity index (χ1) is 9.27. The molecule has 0 saturated heterocycles. The van der Waals surface area contributed by atoms with Crippen molar-refractivity contribution in [2.75, 3.05) is 0 Å². The third kappa shape index (κ3) is 1.77. The molecule has 0 spiro atoms. The summed E-state index contributed by atoms with van der Waals surface area (Å²) in [5.41, 5.74) is 5.88. The van der Waals surface area contributed by atoms with Crippen LogP contribution in [-0.2, 0) is 10.2 Å². The van der Waals surface area contributed by atoms with Crippen LogP contribution in [-0.4, -0.2) is 28.2 Å². The summed E-state index contributed by atoms with van der Waals surface area (Å²) in [5.74, 6) is 0.903. The van der Waals surface area contributed by atoms with E-state index in [1.807, 2.05) is 0 Å². The number of alkyl halides is 3. The Hall–Kier alpha value is -1.15. The van der Waals surface area contributed by atoms with Crippen LogP contribution in [0.4, 0.5) is 13.2 Å². The van der Waals surface area contributed by atoms with E-state index in [0.29, 0.717) is 11.8 Å². The number of nitrogens with two attached hydrogens (primary N) is 1. The molecule has 1 aromatic rings. The average Bonchev–Trinajstić information content (AvgIpc) is 2.64. The summed E-state index contributed by atoms with van der Waals surface area (Å²) in [4.78, 5) is 0. The Morgan fingerprint density at radius 1 is 1.20 bits per heavy atom. The normalized spacial score (nSPS) is 42.6. The monoisotopic (exact) mass is 289 g/mol. The number of nitrogens with zero attached hydrogens (tertiary/aromatic N) is 2. The van der Waals surface area contributed by atoms with Gasteiger partial charge in [0, 0.05) is 11.5 Å². The van der Waals surface area contributed by atoms with Gasteiger partial charge in [0.1, 0.15) is 0 Å². The first kappa shape index (κ1) is 12.6. The second-order valence-corrected chi connectivity index (χ2v) is 6.47. The predicted octanol–water partition coefficient (Wildman–Crippen LogP) is 1.98. The molecule has 2 bridgehead atoms. The molecule has 5 nitrogen and oxygen atoms in total.